The lowest BCUT2D eigenvalue weighted by atomic mass is 9.93. The van der Waals surface area contributed by atoms with Crippen LogP contribution in [-0.4, -0.2) is 58.7 Å². The quantitative estimate of drug-likeness (QED) is 0.381. The molecule has 0 amide bonds. The minimum Gasteiger partial charge on any atom is -0.497 e. The molecule has 4 rings (SSSR count). The van der Waals surface area contributed by atoms with E-state index in [0.29, 0.717) is 35.4 Å². The average Bonchev–Trinajstić information content (AvgIpc) is 3.70. The van der Waals surface area contributed by atoms with Crippen molar-refractivity contribution in [3.8, 4) is 5.75 Å². The number of thioether (sulfide) groups is 1. The van der Waals surface area contributed by atoms with E-state index in [1.165, 1.54) is 31.0 Å². The number of carboxylic acids is 1. The SMILES string of the molecule is COc1cccc(C(=O)CSC2CCN(C(C(=O)C3CC3)c3ccccc3F)C/C2=C\C(=O)O)c1. The van der Waals surface area contributed by atoms with Gasteiger partial charge >= 0.3 is 5.97 Å². The van der Waals surface area contributed by atoms with Crippen LogP contribution in [0.5, 0.6) is 5.75 Å². The molecule has 1 aliphatic carbocycles. The maximum absolute atomic E-state index is 14.7. The van der Waals surface area contributed by atoms with Gasteiger partial charge in [-0.1, -0.05) is 30.3 Å². The van der Waals surface area contributed by atoms with Crippen LogP contribution in [0.2, 0.25) is 0 Å². The van der Waals surface area contributed by atoms with Gasteiger partial charge < -0.3 is 9.84 Å². The summed E-state index contributed by atoms with van der Waals surface area (Å²) in [7, 11) is 1.54. The number of ether oxygens (including phenoxy) is 1. The lowest BCUT2D eigenvalue weighted by Gasteiger charge is -2.38. The highest BCUT2D eigenvalue weighted by molar-refractivity contribution is 8.00. The summed E-state index contributed by atoms with van der Waals surface area (Å²) in [5.74, 6) is -0.882. The number of piperidine rings is 1. The predicted octanol–water partition coefficient (Wildman–Crippen LogP) is 4.56. The zero-order chi connectivity index (χ0) is 24.9. The Labute approximate surface area is 208 Å². The van der Waals surface area contributed by atoms with E-state index >= 15 is 0 Å². The Bertz CT molecular complexity index is 1150. The molecule has 0 aromatic heterocycles. The van der Waals surface area contributed by atoms with Crippen LogP contribution in [-0.2, 0) is 9.59 Å². The summed E-state index contributed by atoms with van der Waals surface area (Å²) >= 11 is 1.40. The molecule has 35 heavy (non-hydrogen) atoms. The van der Waals surface area contributed by atoms with E-state index in [4.69, 9.17) is 4.74 Å². The minimum absolute atomic E-state index is 0.0101. The number of benzene rings is 2. The smallest absolute Gasteiger partial charge is 0.328 e. The molecule has 2 atom stereocenters. The zero-order valence-electron chi connectivity index (χ0n) is 19.5. The van der Waals surface area contributed by atoms with Gasteiger partial charge in [0.05, 0.1) is 18.9 Å². The van der Waals surface area contributed by atoms with Gasteiger partial charge in [0.15, 0.2) is 11.6 Å². The number of Topliss-reactive ketones (excluding diaryl/α,β-unsaturated/α-hetero) is 2. The van der Waals surface area contributed by atoms with E-state index in [1.807, 2.05) is 4.90 Å². The molecule has 8 heteroatoms. The first-order chi connectivity index (χ1) is 16.9. The Morgan fingerprint density at radius 1 is 1.17 bits per heavy atom. The van der Waals surface area contributed by atoms with Crippen molar-refractivity contribution in [3.63, 3.8) is 0 Å². The summed E-state index contributed by atoms with van der Waals surface area (Å²) in [5, 5.41) is 9.29. The van der Waals surface area contributed by atoms with Gasteiger partial charge in [0.25, 0.3) is 0 Å². The van der Waals surface area contributed by atoms with Crippen molar-refractivity contribution in [2.45, 2.75) is 30.6 Å². The first-order valence-corrected chi connectivity index (χ1v) is 12.7. The standard InChI is InChI=1S/C27H28FNO5S/c1-34-20-6-4-5-18(13-20)23(30)16-35-24-11-12-29(15-19(24)14-25(31)32)26(27(33)17-9-10-17)21-7-2-3-8-22(21)28/h2-8,13-14,17,24,26H,9-12,15-16H2,1H3,(H,31,32)/b19-14+. The molecule has 1 saturated carbocycles. The number of carbonyl (C=O) groups excluding carboxylic acids is 2. The van der Waals surface area contributed by atoms with E-state index in [-0.39, 0.29) is 35.0 Å². The lowest BCUT2D eigenvalue weighted by Crippen LogP contribution is -2.43. The molecule has 2 unspecified atom stereocenters. The van der Waals surface area contributed by atoms with Crippen molar-refractivity contribution < 1.29 is 28.6 Å². The van der Waals surface area contributed by atoms with Gasteiger partial charge in [0, 0.05) is 41.5 Å². The molecular weight excluding hydrogens is 469 g/mol. The van der Waals surface area contributed by atoms with Crippen molar-refractivity contribution in [2.75, 3.05) is 26.0 Å². The Kier molecular flexibility index (Phi) is 8.03. The predicted molar refractivity (Wildman–Crippen MR) is 132 cm³/mol. The molecule has 1 aliphatic heterocycles. The zero-order valence-corrected chi connectivity index (χ0v) is 20.3. The van der Waals surface area contributed by atoms with Gasteiger partial charge in [-0.25, -0.2) is 9.18 Å². The monoisotopic (exact) mass is 497 g/mol. The number of rotatable bonds is 10. The number of carbonyl (C=O) groups is 3. The number of halogens is 1. The van der Waals surface area contributed by atoms with Crippen molar-refractivity contribution in [1.82, 2.24) is 4.90 Å². The van der Waals surface area contributed by atoms with Crippen molar-refractivity contribution in [2.24, 2.45) is 5.92 Å². The molecule has 0 radical (unpaired) electrons. The van der Waals surface area contributed by atoms with Gasteiger partial charge in [-0.3, -0.25) is 14.5 Å². The van der Waals surface area contributed by atoms with E-state index in [0.717, 1.165) is 12.8 Å². The molecule has 0 spiro atoms. The third-order valence-corrected chi connectivity index (χ3v) is 7.78. The van der Waals surface area contributed by atoms with Gasteiger partial charge in [-0.05, 0) is 43.0 Å². The average molecular weight is 498 g/mol. The number of hydrogen-bond donors (Lipinski definition) is 1. The van der Waals surface area contributed by atoms with E-state index in [2.05, 4.69) is 0 Å². The Hall–Kier alpha value is -2.97. The largest absolute Gasteiger partial charge is 0.497 e. The highest BCUT2D eigenvalue weighted by Gasteiger charge is 2.41. The molecule has 1 heterocycles. The fourth-order valence-corrected chi connectivity index (χ4v) is 5.61. The number of likely N-dealkylation sites (tertiary alicyclic amines) is 1. The number of hydrogen-bond acceptors (Lipinski definition) is 6. The molecule has 2 aromatic carbocycles. The van der Waals surface area contributed by atoms with Crippen LogP contribution in [0.15, 0.2) is 60.2 Å². The van der Waals surface area contributed by atoms with Crippen LogP contribution >= 0.6 is 11.8 Å². The number of ketones is 2. The maximum Gasteiger partial charge on any atom is 0.328 e. The third kappa shape index (κ3) is 6.18. The van der Waals surface area contributed by atoms with Crippen molar-refractivity contribution in [3.05, 3.63) is 77.1 Å². The lowest BCUT2D eigenvalue weighted by molar-refractivity contribution is -0.131. The molecule has 0 bridgehead atoms. The summed E-state index contributed by atoms with van der Waals surface area (Å²) in [6.07, 6.45) is 3.33. The second-order valence-corrected chi connectivity index (χ2v) is 10.1. The number of methoxy groups -OCH3 is 1. The Balaban J connectivity index is 1.51. The Morgan fingerprint density at radius 2 is 1.94 bits per heavy atom. The fourth-order valence-electron chi connectivity index (χ4n) is 4.47. The summed E-state index contributed by atoms with van der Waals surface area (Å²) in [5.41, 5.74) is 1.49. The van der Waals surface area contributed by atoms with Gasteiger partial charge in [0.1, 0.15) is 11.6 Å². The molecule has 1 saturated heterocycles. The summed E-state index contributed by atoms with van der Waals surface area (Å²) in [6.45, 7) is 0.730. The second kappa shape index (κ2) is 11.2. The maximum atomic E-state index is 14.7. The van der Waals surface area contributed by atoms with Crippen LogP contribution in [0.1, 0.15) is 41.2 Å². The van der Waals surface area contributed by atoms with Crippen LogP contribution < -0.4 is 4.74 Å². The van der Waals surface area contributed by atoms with Gasteiger partial charge in [-0.2, -0.15) is 0 Å². The second-order valence-electron chi connectivity index (χ2n) is 8.87. The third-order valence-electron chi connectivity index (χ3n) is 6.41. The summed E-state index contributed by atoms with van der Waals surface area (Å²) in [6, 6.07) is 12.5. The molecular formula is C27H28FNO5S. The highest BCUT2D eigenvalue weighted by atomic mass is 32.2. The first kappa shape index (κ1) is 25.1. The summed E-state index contributed by atoms with van der Waals surface area (Å²) in [4.78, 5) is 39.4. The van der Waals surface area contributed by atoms with Gasteiger partial charge in [0.2, 0.25) is 0 Å². The summed E-state index contributed by atoms with van der Waals surface area (Å²) < 4.78 is 19.9. The normalized spacial score (nSPS) is 20.4. The topological polar surface area (TPSA) is 83.9 Å². The molecule has 2 fully saturated rings. The first-order valence-electron chi connectivity index (χ1n) is 11.6. The molecule has 6 nitrogen and oxygen atoms in total. The molecule has 184 valence electrons. The number of carboxylic acid groups (broad SMARTS) is 1. The molecule has 2 aliphatic rings. The molecule has 2 aromatic rings. The molecule has 1 N–H and O–H groups in total. The van der Waals surface area contributed by atoms with E-state index in [9.17, 15) is 23.9 Å². The van der Waals surface area contributed by atoms with Crippen molar-refractivity contribution in [1.29, 1.82) is 0 Å². The fraction of sp³-hybridized carbons (Fsp3) is 0.370. The van der Waals surface area contributed by atoms with E-state index < -0.39 is 17.8 Å². The Morgan fingerprint density at radius 3 is 2.63 bits per heavy atom. The minimum atomic E-state index is -1.08. The van der Waals surface area contributed by atoms with Crippen molar-refractivity contribution >= 4 is 29.3 Å². The van der Waals surface area contributed by atoms with Crippen LogP contribution in [0.25, 0.3) is 0 Å². The number of aliphatic carboxylic acids is 1. The van der Waals surface area contributed by atoms with Crippen LogP contribution in [0.3, 0.4) is 0 Å². The van der Waals surface area contributed by atoms with E-state index in [1.54, 1.807) is 42.5 Å². The van der Waals surface area contributed by atoms with Gasteiger partial charge in [-0.15, -0.1) is 11.8 Å². The number of nitrogens with zero attached hydrogens (tertiary/aromatic N) is 1. The van der Waals surface area contributed by atoms with Crippen LogP contribution in [0.4, 0.5) is 4.39 Å². The highest BCUT2D eigenvalue weighted by Crippen LogP contribution is 2.40. The van der Waals surface area contributed by atoms with Crippen LogP contribution in [0, 0.1) is 11.7 Å².